The first kappa shape index (κ1) is 12.3. The monoisotopic (exact) mass is 254 g/mol. The number of alkyl halides is 2. The molecule has 2 rings (SSSR count). The summed E-state index contributed by atoms with van der Waals surface area (Å²) in [5.41, 5.74) is 6.16. The van der Waals surface area contributed by atoms with Crippen LogP contribution in [0.5, 0.6) is 5.75 Å². The van der Waals surface area contributed by atoms with Gasteiger partial charge in [0.1, 0.15) is 5.75 Å². The van der Waals surface area contributed by atoms with Gasteiger partial charge in [0.05, 0.1) is 12.7 Å². The maximum absolute atomic E-state index is 13.4. The Labute approximate surface area is 102 Å². The van der Waals surface area contributed by atoms with Crippen LogP contribution in [0.2, 0.25) is 0 Å². The van der Waals surface area contributed by atoms with Gasteiger partial charge in [-0.15, -0.1) is 0 Å². The van der Waals surface area contributed by atoms with Gasteiger partial charge in [-0.3, -0.25) is 0 Å². The van der Waals surface area contributed by atoms with Crippen LogP contribution in [0.3, 0.4) is 0 Å². The molecule has 18 heavy (non-hydrogen) atoms. The molecule has 0 fully saturated rings. The van der Waals surface area contributed by atoms with Gasteiger partial charge in [0, 0.05) is 6.92 Å². The van der Waals surface area contributed by atoms with E-state index in [0.29, 0.717) is 11.3 Å². The molecule has 1 heterocycles. The Kier molecular flexibility index (Phi) is 2.94. The van der Waals surface area contributed by atoms with E-state index in [2.05, 4.69) is 9.68 Å². The molecule has 2 aromatic rings. The van der Waals surface area contributed by atoms with Crippen molar-refractivity contribution in [2.45, 2.75) is 12.8 Å². The second-order valence-corrected chi connectivity index (χ2v) is 3.89. The highest BCUT2D eigenvalue weighted by atomic mass is 19.3. The summed E-state index contributed by atoms with van der Waals surface area (Å²) in [6.45, 7) is 0.733. The number of nitrogens with two attached hydrogens (primary N) is 1. The quantitative estimate of drug-likeness (QED) is 0.914. The maximum Gasteiger partial charge on any atom is 0.305 e. The number of halogens is 2. The summed E-state index contributed by atoms with van der Waals surface area (Å²) < 4.78 is 36.4. The molecule has 0 spiro atoms. The Morgan fingerprint density at radius 3 is 2.72 bits per heavy atom. The minimum atomic E-state index is -3.15. The zero-order valence-electron chi connectivity index (χ0n) is 9.91. The number of rotatable bonds is 3. The van der Waals surface area contributed by atoms with Crippen molar-refractivity contribution in [1.82, 2.24) is 5.16 Å². The molecule has 6 heteroatoms. The molecule has 0 aliphatic rings. The van der Waals surface area contributed by atoms with Crippen molar-refractivity contribution in [1.29, 1.82) is 0 Å². The van der Waals surface area contributed by atoms with Crippen molar-refractivity contribution in [2.24, 2.45) is 0 Å². The van der Waals surface area contributed by atoms with Crippen LogP contribution < -0.4 is 10.5 Å². The van der Waals surface area contributed by atoms with Gasteiger partial charge in [0.2, 0.25) is 5.76 Å². The van der Waals surface area contributed by atoms with E-state index in [0.717, 1.165) is 6.92 Å². The Morgan fingerprint density at radius 1 is 1.39 bits per heavy atom. The number of aromatic nitrogens is 1. The second-order valence-electron chi connectivity index (χ2n) is 3.89. The first-order chi connectivity index (χ1) is 8.43. The third kappa shape index (κ3) is 2.13. The van der Waals surface area contributed by atoms with Crippen LogP contribution in [0.1, 0.15) is 12.7 Å². The summed E-state index contributed by atoms with van der Waals surface area (Å²) >= 11 is 0. The summed E-state index contributed by atoms with van der Waals surface area (Å²) in [5.74, 6) is -3.23. The molecule has 0 saturated heterocycles. The van der Waals surface area contributed by atoms with Gasteiger partial charge < -0.3 is 15.0 Å². The minimum Gasteiger partial charge on any atom is -0.497 e. The Bertz CT molecular complexity index is 561. The SMILES string of the molecule is COc1cccc(-c2c(N)noc2C(C)(F)F)c1. The van der Waals surface area contributed by atoms with Crippen LogP contribution in [0.15, 0.2) is 28.8 Å². The molecule has 0 atom stereocenters. The molecule has 1 aromatic heterocycles. The van der Waals surface area contributed by atoms with Crippen LogP contribution >= 0.6 is 0 Å². The van der Waals surface area contributed by atoms with Crippen molar-refractivity contribution in [3.8, 4) is 16.9 Å². The summed E-state index contributed by atoms with van der Waals surface area (Å²) in [5, 5.41) is 3.40. The van der Waals surface area contributed by atoms with Crippen LogP contribution in [-0.2, 0) is 5.92 Å². The molecule has 4 nitrogen and oxygen atoms in total. The molecule has 1 aromatic carbocycles. The third-order valence-corrected chi connectivity index (χ3v) is 2.48. The van der Waals surface area contributed by atoms with E-state index in [-0.39, 0.29) is 11.4 Å². The fourth-order valence-corrected chi connectivity index (χ4v) is 1.66. The Hall–Kier alpha value is -2.11. The lowest BCUT2D eigenvalue weighted by Gasteiger charge is -2.09. The van der Waals surface area contributed by atoms with Crippen molar-refractivity contribution >= 4 is 5.82 Å². The highest BCUT2D eigenvalue weighted by molar-refractivity contribution is 5.76. The van der Waals surface area contributed by atoms with E-state index in [1.54, 1.807) is 24.3 Å². The highest BCUT2D eigenvalue weighted by Gasteiger charge is 2.35. The lowest BCUT2D eigenvalue weighted by Crippen LogP contribution is -2.07. The van der Waals surface area contributed by atoms with Crippen molar-refractivity contribution < 1.29 is 18.0 Å². The van der Waals surface area contributed by atoms with E-state index in [1.807, 2.05) is 0 Å². The lowest BCUT2D eigenvalue weighted by molar-refractivity contribution is -0.00974. The van der Waals surface area contributed by atoms with Gasteiger partial charge in [0.15, 0.2) is 5.82 Å². The predicted octanol–water partition coefficient (Wildman–Crippen LogP) is 3.04. The third-order valence-electron chi connectivity index (χ3n) is 2.48. The van der Waals surface area contributed by atoms with Gasteiger partial charge >= 0.3 is 5.92 Å². The zero-order chi connectivity index (χ0) is 13.3. The number of nitrogen functional groups attached to an aromatic ring is 1. The molecule has 0 unspecified atom stereocenters. The highest BCUT2D eigenvalue weighted by Crippen LogP contribution is 2.39. The standard InChI is InChI=1S/C12H12F2N2O2/c1-12(13,14)10-9(11(15)16-18-10)7-4-3-5-8(6-7)17-2/h3-6H,1-2H3,(H2,15,16). The molecular weight excluding hydrogens is 242 g/mol. The molecule has 0 bridgehead atoms. The Balaban J connectivity index is 2.59. The summed E-state index contributed by atoms with van der Waals surface area (Å²) in [7, 11) is 1.49. The average molecular weight is 254 g/mol. The van der Waals surface area contributed by atoms with Crippen LogP contribution in [0.4, 0.5) is 14.6 Å². The van der Waals surface area contributed by atoms with E-state index >= 15 is 0 Å². The van der Waals surface area contributed by atoms with Crippen LogP contribution in [0, 0.1) is 0 Å². The van der Waals surface area contributed by atoms with Crippen LogP contribution in [0.25, 0.3) is 11.1 Å². The molecule has 0 amide bonds. The molecule has 2 N–H and O–H groups in total. The van der Waals surface area contributed by atoms with Crippen molar-refractivity contribution in [3.63, 3.8) is 0 Å². The molecule has 0 aliphatic carbocycles. The number of methoxy groups -OCH3 is 1. The Morgan fingerprint density at radius 2 is 2.11 bits per heavy atom. The number of hydrogen-bond donors (Lipinski definition) is 1. The first-order valence-electron chi connectivity index (χ1n) is 5.21. The van der Waals surface area contributed by atoms with Gasteiger partial charge in [-0.05, 0) is 17.7 Å². The molecule has 96 valence electrons. The zero-order valence-corrected chi connectivity index (χ0v) is 9.91. The maximum atomic E-state index is 13.4. The van der Waals surface area contributed by atoms with Gasteiger partial charge in [0.25, 0.3) is 0 Å². The molecule has 0 aliphatic heterocycles. The number of nitrogens with zero attached hydrogens (tertiary/aromatic N) is 1. The summed E-state index contributed by atoms with van der Waals surface area (Å²) in [6, 6.07) is 6.62. The average Bonchev–Trinajstić information content (AvgIpc) is 2.71. The summed E-state index contributed by atoms with van der Waals surface area (Å²) in [6.07, 6.45) is 0. The smallest absolute Gasteiger partial charge is 0.305 e. The van der Waals surface area contributed by atoms with E-state index in [1.165, 1.54) is 7.11 Å². The molecule has 0 saturated carbocycles. The lowest BCUT2D eigenvalue weighted by atomic mass is 10.0. The minimum absolute atomic E-state index is 0.0696. The normalized spacial score (nSPS) is 11.6. The first-order valence-corrected chi connectivity index (χ1v) is 5.21. The number of anilines is 1. The van der Waals surface area contributed by atoms with Gasteiger partial charge in [-0.25, -0.2) is 0 Å². The molecule has 0 radical (unpaired) electrons. The largest absolute Gasteiger partial charge is 0.497 e. The fourth-order valence-electron chi connectivity index (χ4n) is 1.66. The van der Waals surface area contributed by atoms with Crippen molar-refractivity contribution in [3.05, 3.63) is 30.0 Å². The van der Waals surface area contributed by atoms with E-state index in [4.69, 9.17) is 10.5 Å². The molecular formula is C12H12F2N2O2. The van der Waals surface area contributed by atoms with Gasteiger partial charge in [-0.2, -0.15) is 8.78 Å². The van der Waals surface area contributed by atoms with Gasteiger partial charge in [-0.1, -0.05) is 17.3 Å². The number of benzene rings is 1. The van der Waals surface area contributed by atoms with E-state index < -0.39 is 11.7 Å². The number of ether oxygens (including phenoxy) is 1. The topological polar surface area (TPSA) is 61.3 Å². The van der Waals surface area contributed by atoms with Crippen LogP contribution in [-0.4, -0.2) is 12.3 Å². The second kappa shape index (κ2) is 4.29. The van der Waals surface area contributed by atoms with Crippen molar-refractivity contribution in [2.75, 3.05) is 12.8 Å². The predicted molar refractivity (Wildman–Crippen MR) is 62.5 cm³/mol. The summed E-state index contributed by atoms with van der Waals surface area (Å²) in [4.78, 5) is 0. The van der Waals surface area contributed by atoms with E-state index in [9.17, 15) is 8.78 Å². The fraction of sp³-hybridized carbons (Fsp3) is 0.250. The number of hydrogen-bond acceptors (Lipinski definition) is 4.